The van der Waals surface area contributed by atoms with E-state index in [4.69, 9.17) is 9.47 Å². The molecular weight excluding hydrogens is 332 g/mol. The van der Waals surface area contributed by atoms with Gasteiger partial charge in [0.05, 0.1) is 6.61 Å². The summed E-state index contributed by atoms with van der Waals surface area (Å²) in [5.74, 6) is -0.212. The summed E-state index contributed by atoms with van der Waals surface area (Å²) in [6, 6.07) is 15.9. The molecule has 5 heteroatoms. The molecule has 2 aromatic rings. The molecule has 0 heterocycles. The van der Waals surface area contributed by atoms with E-state index in [1.807, 2.05) is 18.2 Å². The highest BCUT2D eigenvalue weighted by Gasteiger charge is 2.30. The Morgan fingerprint density at radius 1 is 1.04 bits per heavy atom. The lowest BCUT2D eigenvalue weighted by Gasteiger charge is -2.25. The molecule has 0 radical (unpaired) electrons. The van der Waals surface area contributed by atoms with E-state index in [0.29, 0.717) is 11.3 Å². The highest BCUT2D eigenvalue weighted by atomic mass is 16.5. The molecule has 0 spiro atoms. The smallest absolute Gasteiger partial charge is 0.335 e. The first kappa shape index (κ1) is 19.7. The van der Waals surface area contributed by atoms with Crippen LogP contribution in [0.5, 0.6) is 5.75 Å². The monoisotopic (exact) mass is 356 g/mol. The lowest BCUT2D eigenvalue weighted by molar-refractivity contribution is -0.152. The Hall–Kier alpha value is -2.66. The third kappa shape index (κ3) is 5.17. The molecule has 1 N–H and O–H groups in total. The molecule has 1 atom stereocenters. The predicted octanol–water partition coefficient (Wildman–Crippen LogP) is 3.19. The molecule has 0 bridgehead atoms. The van der Waals surface area contributed by atoms with Crippen molar-refractivity contribution in [2.75, 3.05) is 6.61 Å². The second-order valence-corrected chi connectivity index (χ2v) is 6.42. The highest BCUT2D eigenvalue weighted by Crippen LogP contribution is 2.23. The number of benzene rings is 2. The first-order valence-corrected chi connectivity index (χ1v) is 8.56. The Labute approximate surface area is 153 Å². The van der Waals surface area contributed by atoms with Gasteiger partial charge in [0.25, 0.3) is 0 Å². The van der Waals surface area contributed by atoms with Crippen LogP contribution in [0.4, 0.5) is 0 Å². The van der Waals surface area contributed by atoms with Crippen molar-refractivity contribution < 1.29 is 24.2 Å². The number of hydrogen-bond acceptors (Lipinski definition) is 5. The number of carbonyl (C=O) groups excluding carboxylic acids is 2. The van der Waals surface area contributed by atoms with E-state index in [2.05, 4.69) is 0 Å². The zero-order chi connectivity index (χ0) is 19.2. The van der Waals surface area contributed by atoms with Crippen LogP contribution >= 0.6 is 0 Å². The standard InChI is InChI=1S/C21H24O5/c1-4-25-20(24)18(22)14-15-10-12-17(13-11-15)26-21(2,3)19(23)16-8-6-5-7-9-16/h5-13,18,22H,4,14H2,1-3H3. The maximum absolute atomic E-state index is 12.6. The van der Waals surface area contributed by atoms with Crippen LogP contribution in [0.3, 0.4) is 0 Å². The van der Waals surface area contributed by atoms with Crippen molar-refractivity contribution in [3.05, 3.63) is 65.7 Å². The Balaban J connectivity index is 2.02. The summed E-state index contributed by atoms with van der Waals surface area (Å²) < 4.78 is 10.6. The van der Waals surface area contributed by atoms with Crippen LogP contribution in [0, 0.1) is 0 Å². The van der Waals surface area contributed by atoms with Gasteiger partial charge >= 0.3 is 5.97 Å². The van der Waals surface area contributed by atoms with Crippen molar-refractivity contribution in [1.82, 2.24) is 0 Å². The zero-order valence-corrected chi connectivity index (χ0v) is 15.3. The molecule has 26 heavy (non-hydrogen) atoms. The van der Waals surface area contributed by atoms with E-state index in [-0.39, 0.29) is 18.8 Å². The average Bonchev–Trinajstić information content (AvgIpc) is 2.63. The van der Waals surface area contributed by atoms with Crippen molar-refractivity contribution in [3.8, 4) is 5.75 Å². The lowest BCUT2D eigenvalue weighted by atomic mass is 9.96. The van der Waals surface area contributed by atoms with E-state index in [1.165, 1.54) is 0 Å². The van der Waals surface area contributed by atoms with Gasteiger partial charge in [0, 0.05) is 12.0 Å². The molecule has 0 saturated carbocycles. The van der Waals surface area contributed by atoms with Gasteiger partial charge in [-0.3, -0.25) is 4.79 Å². The summed E-state index contributed by atoms with van der Waals surface area (Å²) in [5.41, 5.74) is 0.338. The molecule has 0 amide bonds. The normalized spacial score (nSPS) is 12.3. The van der Waals surface area contributed by atoms with E-state index in [1.54, 1.807) is 57.2 Å². The van der Waals surface area contributed by atoms with E-state index in [9.17, 15) is 14.7 Å². The average molecular weight is 356 g/mol. The van der Waals surface area contributed by atoms with Crippen LogP contribution in [0.15, 0.2) is 54.6 Å². The second kappa shape index (κ2) is 8.63. The molecule has 0 aromatic heterocycles. The summed E-state index contributed by atoms with van der Waals surface area (Å²) in [7, 11) is 0. The fourth-order valence-corrected chi connectivity index (χ4v) is 2.52. The maximum atomic E-state index is 12.6. The molecule has 0 aliphatic carbocycles. The van der Waals surface area contributed by atoms with Gasteiger partial charge in [-0.1, -0.05) is 42.5 Å². The molecule has 0 saturated heterocycles. The first-order chi connectivity index (χ1) is 12.3. The molecule has 0 aliphatic heterocycles. The Bertz CT molecular complexity index is 735. The minimum atomic E-state index is -1.20. The number of rotatable bonds is 8. The van der Waals surface area contributed by atoms with Crippen LogP contribution in [0.1, 0.15) is 36.7 Å². The van der Waals surface area contributed by atoms with Crippen LogP contribution in [-0.4, -0.2) is 35.2 Å². The summed E-state index contributed by atoms with van der Waals surface area (Å²) in [6.07, 6.45) is -1.04. The third-order valence-corrected chi connectivity index (χ3v) is 3.87. The number of Topliss-reactive ketones (excluding diaryl/α,β-unsaturated/α-hetero) is 1. The van der Waals surface area contributed by atoms with Gasteiger partial charge in [-0.2, -0.15) is 0 Å². The van der Waals surface area contributed by atoms with Crippen LogP contribution in [0.25, 0.3) is 0 Å². The van der Waals surface area contributed by atoms with Gasteiger partial charge in [0.1, 0.15) is 5.75 Å². The largest absolute Gasteiger partial charge is 0.480 e. The number of carbonyl (C=O) groups is 2. The fourth-order valence-electron chi connectivity index (χ4n) is 2.52. The Morgan fingerprint density at radius 2 is 1.65 bits per heavy atom. The van der Waals surface area contributed by atoms with Gasteiger partial charge in [0.15, 0.2) is 11.7 Å². The summed E-state index contributed by atoms with van der Waals surface area (Å²) in [5, 5.41) is 9.81. The van der Waals surface area contributed by atoms with Crippen LogP contribution in [-0.2, 0) is 16.0 Å². The number of aliphatic hydroxyl groups is 1. The van der Waals surface area contributed by atoms with Gasteiger partial charge in [-0.25, -0.2) is 4.79 Å². The summed E-state index contributed by atoms with van der Waals surface area (Å²) >= 11 is 0. The molecule has 1 unspecified atom stereocenters. The van der Waals surface area contributed by atoms with Gasteiger partial charge in [-0.05, 0) is 38.5 Å². The predicted molar refractivity (Wildman–Crippen MR) is 98.3 cm³/mol. The van der Waals surface area contributed by atoms with E-state index >= 15 is 0 Å². The topological polar surface area (TPSA) is 72.8 Å². The Morgan fingerprint density at radius 3 is 2.23 bits per heavy atom. The molecule has 2 aromatic carbocycles. The number of hydrogen-bond donors (Lipinski definition) is 1. The number of aliphatic hydroxyl groups excluding tert-OH is 1. The fraction of sp³-hybridized carbons (Fsp3) is 0.333. The molecule has 0 fully saturated rings. The van der Waals surface area contributed by atoms with E-state index < -0.39 is 17.7 Å². The molecule has 0 aliphatic rings. The SMILES string of the molecule is CCOC(=O)C(O)Cc1ccc(OC(C)(C)C(=O)c2ccccc2)cc1. The molecule has 2 rings (SSSR count). The summed E-state index contributed by atoms with van der Waals surface area (Å²) in [6.45, 7) is 5.37. The van der Waals surface area contributed by atoms with Crippen molar-refractivity contribution in [2.24, 2.45) is 0 Å². The number of esters is 1. The minimum absolute atomic E-state index is 0.111. The van der Waals surface area contributed by atoms with Gasteiger partial charge in [0.2, 0.25) is 5.78 Å². The van der Waals surface area contributed by atoms with Crippen LogP contribution in [0.2, 0.25) is 0 Å². The lowest BCUT2D eigenvalue weighted by Crippen LogP contribution is -2.38. The van der Waals surface area contributed by atoms with Crippen LogP contribution < -0.4 is 4.74 Å². The zero-order valence-electron chi connectivity index (χ0n) is 15.3. The first-order valence-electron chi connectivity index (χ1n) is 8.56. The van der Waals surface area contributed by atoms with Gasteiger partial charge < -0.3 is 14.6 Å². The third-order valence-electron chi connectivity index (χ3n) is 3.87. The molecule has 138 valence electrons. The van der Waals surface area contributed by atoms with Crippen molar-refractivity contribution >= 4 is 11.8 Å². The van der Waals surface area contributed by atoms with Crippen molar-refractivity contribution in [2.45, 2.75) is 38.9 Å². The van der Waals surface area contributed by atoms with E-state index in [0.717, 1.165) is 5.56 Å². The molecular formula is C21H24O5. The highest BCUT2D eigenvalue weighted by molar-refractivity contribution is 6.02. The maximum Gasteiger partial charge on any atom is 0.335 e. The Kier molecular flexibility index (Phi) is 6.52. The number of ketones is 1. The summed E-state index contributed by atoms with van der Waals surface area (Å²) in [4.78, 5) is 24.1. The van der Waals surface area contributed by atoms with Crippen molar-refractivity contribution in [3.63, 3.8) is 0 Å². The van der Waals surface area contributed by atoms with Gasteiger partial charge in [-0.15, -0.1) is 0 Å². The quantitative estimate of drug-likeness (QED) is 0.581. The number of ether oxygens (including phenoxy) is 2. The minimum Gasteiger partial charge on any atom is -0.480 e. The van der Waals surface area contributed by atoms with Crippen molar-refractivity contribution in [1.29, 1.82) is 0 Å². The molecule has 5 nitrogen and oxygen atoms in total. The second-order valence-electron chi connectivity index (χ2n) is 6.42.